The van der Waals surface area contributed by atoms with E-state index < -0.39 is 0 Å². The quantitative estimate of drug-likeness (QED) is 0.761. The molecule has 0 radical (unpaired) electrons. The second-order valence-electron chi connectivity index (χ2n) is 4.53. The fourth-order valence-electron chi connectivity index (χ4n) is 1.64. The minimum atomic E-state index is 0.206. The van der Waals surface area contributed by atoms with E-state index in [0.717, 1.165) is 18.5 Å². The standard InChI is InChI=1S/C13H20N2O/c1-11(2)10-15(3)13(16)7-6-12-5-4-8-14-9-12/h4-5,8-9,11H,6-7,10H2,1-3H3. The predicted octanol–water partition coefficient (Wildman–Crippen LogP) is 2.13. The molecule has 0 aliphatic heterocycles. The molecule has 0 bridgehead atoms. The van der Waals surface area contributed by atoms with Crippen LogP contribution in [0.2, 0.25) is 0 Å². The molecule has 0 aliphatic rings. The summed E-state index contributed by atoms with van der Waals surface area (Å²) in [6.07, 6.45) is 4.90. The van der Waals surface area contributed by atoms with Crippen molar-refractivity contribution in [1.29, 1.82) is 0 Å². The molecule has 3 heteroatoms. The molecule has 0 saturated heterocycles. The van der Waals surface area contributed by atoms with Gasteiger partial charge in [-0.05, 0) is 24.0 Å². The van der Waals surface area contributed by atoms with E-state index in [1.165, 1.54) is 0 Å². The third-order valence-corrected chi connectivity index (χ3v) is 2.42. The van der Waals surface area contributed by atoms with Crippen molar-refractivity contribution >= 4 is 5.91 Å². The van der Waals surface area contributed by atoms with E-state index in [-0.39, 0.29) is 5.91 Å². The molecule has 0 atom stereocenters. The van der Waals surface area contributed by atoms with Gasteiger partial charge in [0.15, 0.2) is 0 Å². The molecular formula is C13H20N2O. The average molecular weight is 220 g/mol. The molecule has 16 heavy (non-hydrogen) atoms. The maximum atomic E-state index is 11.8. The summed E-state index contributed by atoms with van der Waals surface area (Å²) in [7, 11) is 1.87. The van der Waals surface area contributed by atoms with Crippen LogP contribution in [0.1, 0.15) is 25.8 Å². The van der Waals surface area contributed by atoms with Crippen LogP contribution in [0.4, 0.5) is 0 Å². The number of carbonyl (C=O) groups is 1. The first-order chi connectivity index (χ1) is 7.59. The van der Waals surface area contributed by atoms with Crippen molar-refractivity contribution in [2.24, 2.45) is 5.92 Å². The van der Waals surface area contributed by atoms with Crippen LogP contribution in [0, 0.1) is 5.92 Å². The van der Waals surface area contributed by atoms with Gasteiger partial charge in [-0.25, -0.2) is 0 Å². The van der Waals surface area contributed by atoms with Gasteiger partial charge in [0.25, 0.3) is 0 Å². The van der Waals surface area contributed by atoms with Gasteiger partial charge in [-0.1, -0.05) is 19.9 Å². The number of amides is 1. The van der Waals surface area contributed by atoms with Crippen molar-refractivity contribution in [2.75, 3.05) is 13.6 Å². The van der Waals surface area contributed by atoms with Gasteiger partial charge < -0.3 is 4.90 Å². The second kappa shape index (κ2) is 6.26. The molecule has 0 saturated carbocycles. The van der Waals surface area contributed by atoms with Crippen LogP contribution in [0.15, 0.2) is 24.5 Å². The van der Waals surface area contributed by atoms with Crippen molar-refractivity contribution in [3.8, 4) is 0 Å². The Labute approximate surface area is 97.5 Å². The summed E-state index contributed by atoms with van der Waals surface area (Å²) in [5.41, 5.74) is 1.12. The first kappa shape index (κ1) is 12.7. The maximum Gasteiger partial charge on any atom is 0.222 e. The Kier molecular flexibility index (Phi) is 4.96. The van der Waals surface area contributed by atoms with Gasteiger partial charge in [-0.2, -0.15) is 0 Å². The molecule has 1 heterocycles. The Morgan fingerprint density at radius 3 is 2.81 bits per heavy atom. The Balaban J connectivity index is 2.35. The zero-order valence-electron chi connectivity index (χ0n) is 10.3. The van der Waals surface area contributed by atoms with E-state index in [4.69, 9.17) is 0 Å². The molecule has 0 unspecified atom stereocenters. The molecular weight excluding hydrogens is 200 g/mol. The van der Waals surface area contributed by atoms with E-state index in [1.807, 2.05) is 25.4 Å². The molecule has 1 amide bonds. The van der Waals surface area contributed by atoms with Crippen molar-refractivity contribution < 1.29 is 4.79 Å². The Morgan fingerprint density at radius 2 is 2.25 bits per heavy atom. The SMILES string of the molecule is CC(C)CN(C)C(=O)CCc1cccnc1. The number of hydrogen-bond acceptors (Lipinski definition) is 2. The normalized spacial score (nSPS) is 10.5. The summed E-state index contributed by atoms with van der Waals surface area (Å²) in [4.78, 5) is 17.6. The predicted molar refractivity (Wildman–Crippen MR) is 65.0 cm³/mol. The van der Waals surface area contributed by atoms with E-state index in [1.54, 1.807) is 11.1 Å². The monoisotopic (exact) mass is 220 g/mol. The zero-order chi connectivity index (χ0) is 12.0. The summed E-state index contributed by atoms with van der Waals surface area (Å²) >= 11 is 0. The topological polar surface area (TPSA) is 33.2 Å². The van der Waals surface area contributed by atoms with E-state index in [0.29, 0.717) is 12.3 Å². The highest BCUT2D eigenvalue weighted by atomic mass is 16.2. The molecule has 0 N–H and O–H groups in total. The number of aromatic nitrogens is 1. The maximum absolute atomic E-state index is 11.8. The van der Waals surface area contributed by atoms with Crippen LogP contribution in [-0.4, -0.2) is 29.4 Å². The molecule has 1 aromatic heterocycles. The molecule has 0 spiro atoms. The van der Waals surface area contributed by atoms with Crippen LogP contribution < -0.4 is 0 Å². The van der Waals surface area contributed by atoms with Gasteiger partial charge in [0.05, 0.1) is 0 Å². The molecule has 88 valence electrons. The third-order valence-electron chi connectivity index (χ3n) is 2.42. The van der Waals surface area contributed by atoms with Gasteiger partial charge in [0.2, 0.25) is 5.91 Å². The summed E-state index contributed by atoms with van der Waals surface area (Å²) in [6, 6.07) is 3.90. The number of carbonyl (C=O) groups excluding carboxylic acids is 1. The van der Waals surface area contributed by atoms with Crippen LogP contribution in [0.5, 0.6) is 0 Å². The minimum absolute atomic E-state index is 0.206. The largest absolute Gasteiger partial charge is 0.345 e. The summed E-state index contributed by atoms with van der Waals surface area (Å²) in [5, 5.41) is 0. The summed E-state index contributed by atoms with van der Waals surface area (Å²) < 4.78 is 0. The van der Waals surface area contributed by atoms with Crippen molar-refractivity contribution in [2.45, 2.75) is 26.7 Å². The van der Waals surface area contributed by atoms with Gasteiger partial charge in [-0.15, -0.1) is 0 Å². The number of aryl methyl sites for hydroxylation is 1. The van der Waals surface area contributed by atoms with E-state index in [2.05, 4.69) is 18.8 Å². The van der Waals surface area contributed by atoms with Gasteiger partial charge >= 0.3 is 0 Å². The highest BCUT2D eigenvalue weighted by Crippen LogP contribution is 2.04. The second-order valence-corrected chi connectivity index (χ2v) is 4.53. The van der Waals surface area contributed by atoms with E-state index in [9.17, 15) is 4.79 Å². The van der Waals surface area contributed by atoms with Crippen LogP contribution in [0.25, 0.3) is 0 Å². The average Bonchev–Trinajstić information content (AvgIpc) is 2.26. The lowest BCUT2D eigenvalue weighted by molar-refractivity contribution is -0.130. The number of pyridine rings is 1. The van der Waals surface area contributed by atoms with Crippen LogP contribution in [0.3, 0.4) is 0 Å². The van der Waals surface area contributed by atoms with E-state index >= 15 is 0 Å². The number of hydrogen-bond donors (Lipinski definition) is 0. The molecule has 1 aromatic rings. The molecule has 0 aromatic carbocycles. The van der Waals surface area contributed by atoms with Crippen molar-refractivity contribution in [3.63, 3.8) is 0 Å². The highest BCUT2D eigenvalue weighted by Gasteiger charge is 2.09. The molecule has 0 fully saturated rings. The fourth-order valence-corrected chi connectivity index (χ4v) is 1.64. The Bertz CT molecular complexity index is 322. The lowest BCUT2D eigenvalue weighted by atomic mass is 10.1. The van der Waals surface area contributed by atoms with Gasteiger partial charge in [0.1, 0.15) is 0 Å². The highest BCUT2D eigenvalue weighted by molar-refractivity contribution is 5.76. The zero-order valence-corrected chi connectivity index (χ0v) is 10.3. The van der Waals surface area contributed by atoms with Gasteiger partial charge in [0, 0.05) is 32.4 Å². The summed E-state index contributed by atoms with van der Waals surface area (Å²) in [6.45, 7) is 5.06. The lowest BCUT2D eigenvalue weighted by Gasteiger charge is -2.19. The smallest absolute Gasteiger partial charge is 0.222 e. The van der Waals surface area contributed by atoms with Gasteiger partial charge in [-0.3, -0.25) is 9.78 Å². The number of nitrogens with zero attached hydrogens (tertiary/aromatic N) is 2. The third kappa shape index (κ3) is 4.43. The Morgan fingerprint density at radius 1 is 1.50 bits per heavy atom. The van der Waals surface area contributed by atoms with Crippen molar-refractivity contribution in [3.05, 3.63) is 30.1 Å². The number of rotatable bonds is 5. The lowest BCUT2D eigenvalue weighted by Crippen LogP contribution is -2.30. The summed E-state index contributed by atoms with van der Waals surface area (Å²) in [5.74, 6) is 0.727. The molecule has 1 rings (SSSR count). The molecule has 3 nitrogen and oxygen atoms in total. The fraction of sp³-hybridized carbons (Fsp3) is 0.538. The minimum Gasteiger partial charge on any atom is -0.345 e. The van der Waals surface area contributed by atoms with Crippen LogP contribution in [-0.2, 0) is 11.2 Å². The first-order valence-electron chi connectivity index (χ1n) is 5.72. The van der Waals surface area contributed by atoms with Crippen molar-refractivity contribution in [1.82, 2.24) is 9.88 Å². The first-order valence-corrected chi connectivity index (χ1v) is 5.72. The van der Waals surface area contributed by atoms with Crippen LogP contribution >= 0.6 is 0 Å². The Hall–Kier alpha value is -1.38. The molecule has 0 aliphatic carbocycles.